The second-order valence-electron chi connectivity index (χ2n) is 4.64. The van der Waals surface area contributed by atoms with E-state index in [1.165, 1.54) is 0 Å². The number of hydrogen-bond donors (Lipinski definition) is 2. The van der Waals surface area contributed by atoms with Crippen LogP contribution in [0.25, 0.3) is 10.8 Å². The van der Waals surface area contributed by atoms with Gasteiger partial charge in [0.05, 0.1) is 0 Å². The van der Waals surface area contributed by atoms with E-state index in [0.29, 0.717) is 18.8 Å². The maximum Gasteiger partial charge on any atom is 0.257 e. The van der Waals surface area contributed by atoms with Gasteiger partial charge in [-0.1, -0.05) is 30.3 Å². The number of carbonyl (C=O) groups is 1. The molecule has 1 amide bonds. The van der Waals surface area contributed by atoms with Gasteiger partial charge in [-0.2, -0.15) is 0 Å². The lowest BCUT2D eigenvalue weighted by atomic mass is 10.1. The number of halogens is 1. The number of rotatable bonds is 7. The molecule has 114 valence electrons. The van der Waals surface area contributed by atoms with Crippen LogP contribution in [0.4, 0.5) is 0 Å². The minimum atomic E-state index is -0.102. The summed E-state index contributed by atoms with van der Waals surface area (Å²) in [5, 5.41) is 5.07. The molecule has 0 heterocycles. The van der Waals surface area contributed by atoms with Crippen molar-refractivity contribution in [1.82, 2.24) is 5.32 Å². The molecule has 3 N–H and O–H groups in total. The lowest BCUT2D eigenvalue weighted by molar-refractivity contribution is -0.123. The molecule has 0 aromatic heterocycles. The molecule has 0 saturated heterocycles. The van der Waals surface area contributed by atoms with Crippen LogP contribution in [-0.2, 0) is 4.79 Å². The summed E-state index contributed by atoms with van der Waals surface area (Å²) in [5.41, 5.74) is 5.39. The second-order valence-corrected chi connectivity index (χ2v) is 4.64. The van der Waals surface area contributed by atoms with Crippen LogP contribution in [0.2, 0.25) is 0 Å². The summed E-state index contributed by atoms with van der Waals surface area (Å²) in [6.07, 6.45) is 1.82. The van der Waals surface area contributed by atoms with Gasteiger partial charge in [-0.15, -0.1) is 12.4 Å². The van der Waals surface area contributed by atoms with E-state index < -0.39 is 0 Å². The number of nitrogens with one attached hydrogen (secondary N) is 1. The highest BCUT2D eigenvalue weighted by atomic mass is 35.5. The van der Waals surface area contributed by atoms with Gasteiger partial charge in [0, 0.05) is 6.54 Å². The molecule has 0 fully saturated rings. The normalized spacial score (nSPS) is 9.95. The first-order valence-electron chi connectivity index (χ1n) is 6.88. The minimum Gasteiger partial charge on any atom is -0.484 e. The Kier molecular flexibility index (Phi) is 7.58. The van der Waals surface area contributed by atoms with Crippen LogP contribution in [-0.4, -0.2) is 25.6 Å². The Balaban J connectivity index is 0.00000220. The van der Waals surface area contributed by atoms with E-state index in [2.05, 4.69) is 5.32 Å². The van der Waals surface area contributed by atoms with E-state index >= 15 is 0 Å². The molecule has 2 rings (SSSR count). The van der Waals surface area contributed by atoms with Gasteiger partial charge in [0.15, 0.2) is 6.61 Å². The lowest BCUT2D eigenvalue weighted by Gasteiger charge is -2.08. The van der Waals surface area contributed by atoms with Crippen molar-refractivity contribution >= 4 is 29.1 Å². The Morgan fingerprint density at radius 3 is 2.62 bits per heavy atom. The van der Waals surface area contributed by atoms with Gasteiger partial charge in [-0.05, 0) is 42.3 Å². The fraction of sp³-hybridized carbons (Fsp3) is 0.312. The molecule has 0 aliphatic heterocycles. The van der Waals surface area contributed by atoms with E-state index in [4.69, 9.17) is 10.5 Å². The molecule has 0 unspecified atom stereocenters. The molecule has 0 atom stereocenters. The van der Waals surface area contributed by atoms with E-state index in [9.17, 15) is 4.79 Å². The summed E-state index contributed by atoms with van der Waals surface area (Å²) in [5.74, 6) is 0.607. The zero-order valence-corrected chi connectivity index (χ0v) is 12.7. The number of nitrogens with two attached hydrogens (primary N) is 1. The number of amides is 1. The summed E-state index contributed by atoms with van der Waals surface area (Å²) >= 11 is 0. The second kappa shape index (κ2) is 9.21. The van der Waals surface area contributed by atoms with Crippen molar-refractivity contribution in [2.24, 2.45) is 5.73 Å². The zero-order chi connectivity index (χ0) is 14.2. The SMILES string of the molecule is Cl.NCCCCNC(=O)COc1ccc2ccccc2c1. The fourth-order valence-corrected chi connectivity index (χ4v) is 1.95. The Morgan fingerprint density at radius 1 is 1.10 bits per heavy atom. The molecule has 0 bridgehead atoms. The minimum absolute atomic E-state index is 0. The van der Waals surface area contributed by atoms with Crippen LogP contribution in [0, 0.1) is 0 Å². The van der Waals surface area contributed by atoms with Crippen molar-refractivity contribution in [2.45, 2.75) is 12.8 Å². The molecule has 0 radical (unpaired) electrons. The molecular formula is C16H21ClN2O2. The summed E-state index contributed by atoms with van der Waals surface area (Å²) in [6, 6.07) is 13.9. The van der Waals surface area contributed by atoms with E-state index in [0.717, 1.165) is 23.6 Å². The Bertz CT molecular complexity index is 575. The van der Waals surface area contributed by atoms with Gasteiger partial charge in [0.2, 0.25) is 0 Å². The van der Waals surface area contributed by atoms with Crippen molar-refractivity contribution in [3.63, 3.8) is 0 Å². The topological polar surface area (TPSA) is 64.3 Å². The number of unbranched alkanes of at least 4 members (excludes halogenated alkanes) is 1. The standard InChI is InChI=1S/C16H20N2O2.ClH/c17-9-3-4-10-18-16(19)12-20-15-8-7-13-5-1-2-6-14(13)11-15;/h1-2,5-8,11H,3-4,9-10,12,17H2,(H,18,19);1H. The predicted molar refractivity (Wildman–Crippen MR) is 88.0 cm³/mol. The third kappa shape index (κ3) is 5.61. The molecule has 0 aliphatic carbocycles. The van der Waals surface area contributed by atoms with Crippen LogP contribution in [0.3, 0.4) is 0 Å². The highest BCUT2D eigenvalue weighted by molar-refractivity contribution is 5.85. The molecule has 4 nitrogen and oxygen atoms in total. The largest absolute Gasteiger partial charge is 0.484 e. The molecule has 0 spiro atoms. The van der Waals surface area contributed by atoms with Gasteiger partial charge in [-0.3, -0.25) is 4.79 Å². The lowest BCUT2D eigenvalue weighted by Crippen LogP contribution is -2.29. The summed E-state index contributed by atoms with van der Waals surface area (Å²) in [7, 11) is 0. The number of carbonyl (C=O) groups excluding carboxylic acids is 1. The number of benzene rings is 2. The first kappa shape index (κ1) is 17.3. The Labute approximate surface area is 131 Å². The predicted octanol–water partition coefficient (Wildman–Crippen LogP) is 2.50. The van der Waals surface area contributed by atoms with Crippen molar-refractivity contribution in [2.75, 3.05) is 19.7 Å². The number of ether oxygens (including phenoxy) is 1. The van der Waals surface area contributed by atoms with Crippen LogP contribution >= 0.6 is 12.4 Å². The third-order valence-electron chi connectivity index (χ3n) is 3.04. The third-order valence-corrected chi connectivity index (χ3v) is 3.04. The number of fused-ring (bicyclic) bond motifs is 1. The molecular weight excluding hydrogens is 288 g/mol. The maximum absolute atomic E-state index is 11.6. The van der Waals surface area contributed by atoms with Crippen LogP contribution in [0.5, 0.6) is 5.75 Å². The van der Waals surface area contributed by atoms with E-state index in [-0.39, 0.29) is 24.9 Å². The number of hydrogen-bond acceptors (Lipinski definition) is 3. The van der Waals surface area contributed by atoms with Gasteiger partial charge in [0.25, 0.3) is 5.91 Å². The molecule has 2 aromatic carbocycles. The van der Waals surface area contributed by atoms with Crippen molar-refractivity contribution in [3.05, 3.63) is 42.5 Å². The monoisotopic (exact) mass is 308 g/mol. The van der Waals surface area contributed by atoms with E-state index in [1.807, 2.05) is 42.5 Å². The fourth-order valence-electron chi connectivity index (χ4n) is 1.95. The van der Waals surface area contributed by atoms with Crippen LogP contribution in [0.15, 0.2) is 42.5 Å². The quantitative estimate of drug-likeness (QED) is 0.772. The smallest absolute Gasteiger partial charge is 0.257 e. The Hall–Kier alpha value is -1.78. The van der Waals surface area contributed by atoms with Gasteiger partial charge in [-0.25, -0.2) is 0 Å². The first-order valence-corrected chi connectivity index (χ1v) is 6.88. The van der Waals surface area contributed by atoms with Crippen molar-refractivity contribution in [3.8, 4) is 5.75 Å². The van der Waals surface area contributed by atoms with Gasteiger partial charge in [0.1, 0.15) is 5.75 Å². The summed E-state index contributed by atoms with van der Waals surface area (Å²) < 4.78 is 5.50. The highest BCUT2D eigenvalue weighted by Crippen LogP contribution is 2.20. The van der Waals surface area contributed by atoms with Gasteiger partial charge >= 0.3 is 0 Å². The maximum atomic E-state index is 11.6. The van der Waals surface area contributed by atoms with Crippen molar-refractivity contribution < 1.29 is 9.53 Å². The zero-order valence-electron chi connectivity index (χ0n) is 11.9. The molecule has 0 aliphatic rings. The van der Waals surface area contributed by atoms with Crippen molar-refractivity contribution in [1.29, 1.82) is 0 Å². The van der Waals surface area contributed by atoms with Crippen LogP contribution in [0.1, 0.15) is 12.8 Å². The van der Waals surface area contributed by atoms with Crippen LogP contribution < -0.4 is 15.8 Å². The molecule has 2 aromatic rings. The summed E-state index contributed by atoms with van der Waals surface area (Å²) in [4.78, 5) is 11.6. The first-order chi connectivity index (χ1) is 9.79. The molecule has 21 heavy (non-hydrogen) atoms. The Morgan fingerprint density at radius 2 is 1.86 bits per heavy atom. The highest BCUT2D eigenvalue weighted by Gasteiger charge is 2.02. The average Bonchev–Trinajstić information content (AvgIpc) is 2.49. The van der Waals surface area contributed by atoms with E-state index in [1.54, 1.807) is 0 Å². The average molecular weight is 309 g/mol. The summed E-state index contributed by atoms with van der Waals surface area (Å²) in [6.45, 7) is 1.35. The molecule has 5 heteroatoms. The van der Waals surface area contributed by atoms with Gasteiger partial charge < -0.3 is 15.8 Å². The molecule has 0 saturated carbocycles.